The third kappa shape index (κ3) is 4.70. The summed E-state index contributed by atoms with van der Waals surface area (Å²) in [5, 5.41) is 2.93. The quantitative estimate of drug-likeness (QED) is 0.804. The molecule has 0 aromatic heterocycles. The van der Waals surface area contributed by atoms with Gasteiger partial charge < -0.3 is 11.1 Å². The first kappa shape index (κ1) is 15.1. The molecular formula is C14H22N2OS. The maximum Gasteiger partial charge on any atom is 0.230 e. The number of amides is 1. The Hall–Kier alpha value is -1.00. The van der Waals surface area contributed by atoms with Crippen molar-refractivity contribution in [3.05, 3.63) is 29.3 Å². The van der Waals surface area contributed by atoms with Crippen molar-refractivity contribution >= 4 is 17.7 Å². The van der Waals surface area contributed by atoms with Gasteiger partial charge in [0.05, 0.1) is 5.75 Å². The summed E-state index contributed by atoms with van der Waals surface area (Å²) in [6.07, 6.45) is 0. The van der Waals surface area contributed by atoms with Crippen molar-refractivity contribution in [3.63, 3.8) is 0 Å². The zero-order valence-electron chi connectivity index (χ0n) is 11.5. The third-order valence-corrected chi connectivity index (χ3v) is 3.85. The topological polar surface area (TPSA) is 55.1 Å². The summed E-state index contributed by atoms with van der Waals surface area (Å²) >= 11 is 1.57. The van der Waals surface area contributed by atoms with E-state index in [0.717, 1.165) is 4.90 Å². The van der Waals surface area contributed by atoms with Crippen LogP contribution in [0.15, 0.2) is 23.1 Å². The van der Waals surface area contributed by atoms with Crippen LogP contribution in [0.4, 0.5) is 0 Å². The van der Waals surface area contributed by atoms with Crippen LogP contribution >= 0.6 is 11.8 Å². The molecule has 0 spiro atoms. The number of hydrogen-bond donors (Lipinski definition) is 2. The van der Waals surface area contributed by atoms with E-state index in [2.05, 4.69) is 37.4 Å². The normalized spacial score (nSPS) is 11.4. The predicted octanol–water partition coefficient (Wildman–Crippen LogP) is 2.25. The first-order valence-corrected chi connectivity index (χ1v) is 7.04. The molecule has 0 saturated carbocycles. The van der Waals surface area contributed by atoms with Crippen molar-refractivity contribution in [2.75, 3.05) is 12.3 Å². The molecule has 1 amide bonds. The molecule has 0 atom stereocenters. The van der Waals surface area contributed by atoms with Crippen LogP contribution in [0.1, 0.15) is 25.0 Å². The number of carbonyl (C=O) groups is 1. The Balaban J connectivity index is 2.55. The molecule has 0 radical (unpaired) electrons. The summed E-state index contributed by atoms with van der Waals surface area (Å²) in [6, 6.07) is 6.28. The van der Waals surface area contributed by atoms with Crippen LogP contribution in [0.2, 0.25) is 0 Å². The second-order valence-corrected chi connectivity index (χ2v) is 6.21. The summed E-state index contributed by atoms with van der Waals surface area (Å²) in [5.74, 6) is 0.449. The van der Waals surface area contributed by atoms with Gasteiger partial charge >= 0.3 is 0 Å². The maximum atomic E-state index is 11.8. The molecule has 1 rings (SSSR count). The molecule has 1 aromatic rings. The van der Waals surface area contributed by atoms with E-state index in [-0.39, 0.29) is 11.4 Å². The van der Waals surface area contributed by atoms with Crippen LogP contribution in [0.25, 0.3) is 0 Å². The highest BCUT2D eigenvalue weighted by molar-refractivity contribution is 8.00. The molecule has 0 unspecified atom stereocenters. The molecule has 0 saturated heterocycles. The average Bonchev–Trinajstić information content (AvgIpc) is 2.30. The minimum atomic E-state index is -0.334. The smallest absolute Gasteiger partial charge is 0.230 e. The number of hydrogen-bond acceptors (Lipinski definition) is 3. The first-order chi connectivity index (χ1) is 8.34. The van der Waals surface area contributed by atoms with Crippen LogP contribution in [-0.4, -0.2) is 23.7 Å². The summed E-state index contributed by atoms with van der Waals surface area (Å²) in [5.41, 5.74) is 7.67. The Labute approximate surface area is 114 Å². The van der Waals surface area contributed by atoms with E-state index in [1.54, 1.807) is 11.8 Å². The van der Waals surface area contributed by atoms with Crippen LogP contribution in [-0.2, 0) is 4.79 Å². The van der Waals surface area contributed by atoms with Crippen molar-refractivity contribution in [2.45, 2.75) is 38.1 Å². The highest BCUT2D eigenvalue weighted by Gasteiger charge is 2.18. The van der Waals surface area contributed by atoms with Gasteiger partial charge in [-0.25, -0.2) is 0 Å². The Bertz CT molecular complexity index is 430. The molecule has 100 valence electrons. The van der Waals surface area contributed by atoms with Crippen LogP contribution < -0.4 is 11.1 Å². The van der Waals surface area contributed by atoms with Gasteiger partial charge in [0, 0.05) is 17.0 Å². The van der Waals surface area contributed by atoms with E-state index < -0.39 is 0 Å². The SMILES string of the molecule is Cc1ccc(C)c(SCC(=O)NC(C)(C)CN)c1. The predicted molar refractivity (Wildman–Crippen MR) is 77.9 cm³/mol. The first-order valence-electron chi connectivity index (χ1n) is 6.05. The Morgan fingerprint density at radius 1 is 1.39 bits per heavy atom. The second-order valence-electron chi connectivity index (χ2n) is 5.19. The molecule has 18 heavy (non-hydrogen) atoms. The molecule has 0 heterocycles. The molecule has 0 fully saturated rings. The van der Waals surface area contributed by atoms with Crippen LogP contribution in [0.5, 0.6) is 0 Å². The average molecular weight is 266 g/mol. The fourth-order valence-electron chi connectivity index (χ4n) is 1.47. The molecule has 0 aliphatic heterocycles. The fraction of sp³-hybridized carbons (Fsp3) is 0.500. The summed E-state index contributed by atoms with van der Waals surface area (Å²) < 4.78 is 0. The van der Waals surface area contributed by atoms with Crippen LogP contribution in [0, 0.1) is 13.8 Å². The van der Waals surface area contributed by atoms with Gasteiger partial charge in [0.15, 0.2) is 0 Å². The van der Waals surface area contributed by atoms with Crippen molar-refractivity contribution in [1.29, 1.82) is 0 Å². The van der Waals surface area contributed by atoms with E-state index in [9.17, 15) is 4.79 Å². The van der Waals surface area contributed by atoms with Gasteiger partial charge in [-0.15, -0.1) is 11.8 Å². The Morgan fingerprint density at radius 2 is 2.06 bits per heavy atom. The standard InChI is InChI=1S/C14H22N2OS/c1-10-5-6-11(2)12(7-10)18-8-13(17)16-14(3,4)9-15/h5-7H,8-9,15H2,1-4H3,(H,16,17). The lowest BCUT2D eigenvalue weighted by Gasteiger charge is -2.24. The van der Waals surface area contributed by atoms with Gasteiger partial charge in [-0.2, -0.15) is 0 Å². The summed E-state index contributed by atoms with van der Waals surface area (Å²) in [6.45, 7) is 8.40. The lowest BCUT2D eigenvalue weighted by atomic mass is 10.1. The lowest BCUT2D eigenvalue weighted by molar-refractivity contribution is -0.120. The Morgan fingerprint density at radius 3 is 2.67 bits per heavy atom. The van der Waals surface area contributed by atoms with E-state index in [4.69, 9.17) is 5.73 Å². The number of aryl methyl sites for hydroxylation is 2. The summed E-state index contributed by atoms with van der Waals surface area (Å²) in [7, 11) is 0. The van der Waals surface area contributed by atoms with E-state index in [0.29, 0.717) is 12.3 Å². The lowest BCUT2D eigenvalue weighted by Crippen LogP contribution is -2.49. The maximum absolute atomic E-state index is 11.8. The zero-order chi connectivity index (χ0) is 13.8. The van der Waals surface area contributed by atoms with Crippen molar-refractivity contribution < 1.29 is 4.79 Å². The van der Waals surface area contributed by atoms with E-state index in [1.807, 2.05) is 13.8 Å². The van der Waals surface area contributed by atoms with Gasteiger partial charge in [-0.3, -0.25) is 4.79 Å². The molecule has 0 bridgehead atoms. The molecule has 1 aromatic carbocycles. The van der Waals surface area contributed by atoms with Gasteiger partial charge in [-0.05, 0) is 39.3 Å². The van der Waals surface area contributed by atoms with E-state index in [1.165, 1.54) is 11.1 Å². The number of carbonyl (C=O) groups excluding carboxylic acids is 1. The third-order valence-electron chi connectivity index (χ3n) is 2.69. The second kappa shape index (κ2) is 6.25. The molecule has 0 aliphatic rings. The molecule has 0 aliphatic carbocycles. The highest BCUT2D eigenvalue weighted by atomic mass is 32.2. The van der Waals surface area contributed by atoms with Gasteiger partial charge in [-0.1, -0.05) is 17.7 Å². The highest BCUT2D eigenvalue weighted by Crippen LogP contribution is 2.23. The zero-order valence-corrected chi connectivity index (χ0v) is 12.4. The fourth-order valence-corrected chi connectivity index (χ4v) is 2.39. The number of thioether (sulfide) groups is 1. The molecule has 3 N–H and O–H groups in total. The van der Waals surface area contributed by atoms with Crippen LogP contribution in [0.3, 0.4) is 0 Å². The van der Waals surface area contributed by atoms with Crippen molar-refractivity contribution in [2.24, 2.45) is 5.73 Å². The minimum Gasteiger partial charge on any atom is -0.349 e. The van der Waals surface area contributed by atoms with Crippen molar-refractivity contribution in [3.8, 4) is 0 Å². The number of rotatable bonds is 5. The van der Waals surface area contributed by atoms with Crippen molar-refractivity contribution in [1.82, 2.24) is 5.32 Å². The monoisotopic (exact) mass is 266 g/mol. The number of nitrogens with one attached hydrogen (secondary N) is 1. The minimum absolute atomic E-state index is 0.0244. The Kier molecular flexibility index (Phi) is 5.23. The van der Waals surface area contributed by atoms with Gasteiger partial charge in [0.25, 0.3) is 0 Å². The van der Waals surface area contributed by atoms with Gasteiger partial charge in [0.2, 0.25) is 5.91 Å². The largest absolute Gasteiger partial charge is 0.349 e. The van der Waals surface area contributed by atoms with Gasteiger partial charge in [0.1, 0.15) is 0 Å². The van der Waals surface area contributed by atoms with E-state index >= 15 is 0 Å². The molecule has 4 heteroatoms. The number of benzene rings is 1. The number of nitrogens with two attached hydrogens (primary N) is 1. The molecular weight excluding hydrogens is 244 g/mol. The summed E-state index contributed by atoms with van der Waals surface area (Å²) in [4.78, 5) is 13.0. The molecule has 3 nitrogen and oxygen atoms in total.